The number of carboxylic acid groups (broad SMARTS) is 1. The van der Waals surface area contributed by atoms with Crippen LogP contribution in [0.1, 0.15) is 30.1 Å². The Morgan fingerprint density at radius 3 is 2.78 bits per heavy atom. The van der Waals surface area contributed by atoms with Crippen molar-refractivity contribution in [1.29, 1.82) is 0 Å². The van der Waals surface area contributed by atoms with Crippen molar-refractivity contribution in [1.82, 2.24) is 0 Å². The highest BCUT2D eigenvalue weighted by molar-refractivity contribution is 5.95. The van der Waals surface area contributed by atoms with Gasteiger partial charge in [0, 0.05) is 24.7 Å². The monoisotopic (exact) mass is 250 g/mol. The zero-order valence-corrected chi connectivity index (χ0v) is 10.00. The molecule has 18 heavy (non-hydrogen) atoms. The van der Waals surface area contributed by atoms with Crippen LogP contribution in [0.3, 0.4) is 0 Å². The van der Waals surface area contributed by atoms with Gasteiger partial charge in [-0.25, -0.2) is 4.79 Å². The number of anilines is 1. The summed E-state index contributed by atoms with van der Waals surface area (Å²) >= 11 is 0. The molecule has 6 heteroatoms. The van der Waals surface area contributed by atoms with E-state index in [1.165, 1.54) is 12.1 Å². The maximum atomic E-state index is 11.2. The van der Waals surface area contributed by atoms with Gasteiger partial charge < -0.3 is 10.0 Å². The molecule has 1 aliphatic rings. The zero-order chi connectivity index (χ0) is 13.3. The molecule has 0 saturated carbocycles. The van der Waals surface area contributed by atoms with Gasteiger partial charge in [0.1, 0.15) is 0 Å². The lowest BCUT2D eigenvalue weighted by Gasteiger charge is -2.25. The normalized spacial score (nSPS) is 18.9. The topological polar surface area (TPSA) is 83.7 Å². The first-order chi connectivity index (χ1) is 8.50. The number of nitro benzene ring substituents is 1. The van der Waals surface area contributed by atoms with Gasteiger partial charge in [0.25, 0.3) is 5.69 Å². The van der Waals surface area contributed by atoms with Crippen molar-refractivity contribution >= 4 is 17.3 Å². The maximum Gasteiger partial charge on any atom is 0.338 e. The first-order valence-electron chi connectivity index (χ1n) is 5.79. The third-order valence-corrected chi connectivity index (χ3v) is 3.28. The summed E-state index contributed by atoms with van der Waals surface area (Å²) in [6, 6.07) is 4.28. The molecule has 1 atom stereocenters. The van der Waals surface area contributed by atoms with Crippen LogP contribution in [0.25, 0.3) is 0 Å². The molecule has 0 radical (unpaired) electrons. The van der Waals surface area contributed by atoms with Crippen molar-refractivity contribution in [3.05, 3.63) is 33.9 Å². The third kappa shape index (κ3) is 2.13. The lowest BCUT2D eigenvalue weighted by atomic mass is 10.1. The molecule has 96 valence electrons. The average Bonchev–Trinajstić information content (AvgIpc) is 2.74. The van der Waals surface area contributed by atoms with E-state index < -0.39 is 10.9 Å². The third-order valence-electron chi connectivity index (χ3n) is 3.28. The van der Waals surface area contributed by atoms with Crippen LogP contribution < -0.4 is 4.90 Å². The SMILES string of the molecule is CC1CCCN1c1ccc([N+](=O)[O-])cc1C(=O)O. The molecule has 6 nitrogen and oxygen atoms in total. The molecule has 0 aliphatic carbocycles. The van der Waals surface area contributed by atoms with E-state index in [0.29, 0.717) is 5.69 Å². The van der Waals surface area contributed by atoms with Crippen LogP contribution in [0.4, 0.5) is 11.4 Å². The molecule has 1 unspecified atom stereocenters. The molecule has 0 bridgehead atoms. The number of benzene rings is 1. The summed E-state index contributed by atoms with van der Waals surface area (Å²) in [5, 5.41) is 19.8. The number of carboxylic acids is 1. The molecule has 1 fully saturated rings. The van der Waals surface area contributed by atoms with Crippen LogP contribution in [0.2, 0.25) is 0 Å². The van der Waals surface area contributed by atoms with Gasteiger partial charge in [0.05, 0.1) is 16.2 Å². The van der Waals surface area contributed by atoms with Gasteiger partial charge >= 0.3 is 5.97 Å². The fraction of sp³-hybridized carbons (Fsp3) is 0.417. The molecular weight excluding hydrogens is 236 g/mol. The number of rotatable bonds is 3. The molecular formula is C12H14N2O4. The number of aromatic carboxylic acids is 1. The van der Waals surface area contributed by atoms with Crippen molar-refractivity contribution in [2.45, 2.75) is 25.8 Å². The lowest BCUT2D eigenvalue weighted by molar-refractivity contribution is -0.384. The van der Waals surface area contributed by atoms with Crippen LogP contribution >= 0.6 is 0 Å². The molecule has 1 aliphatic heterocycles. The van der Waals surface area contributed by atoms with Crippen molar-refractivity contribution in [3.63, 3.8) is 0 Å². The largest absolute Gasteiger partial charge is 0.478 e. The Balaban J connectivity index is 2.46. The summed E-state index contributed by atoms with van der Waals surface area (Å²) in [4.78, 5) is 23.3. The predicted octanol–water partition coefficient (Wildman–Crippen LogP) is 2.28. The van der Waals surface area contributed by atoms with E-state index in [9.17, 15) is 14.9 Å². The van der Waals surface area contributed by atoms with E-state index in [1.807, 2.05) is 11.8 Å². The number of hydrogen-bond acceptors (Lipinski definition) is 4. The van der Waals surface area contributed by atoms with Gasteiger partial charge in [-0.05, 0) is 25.8 Å². The van der Waals surface area contributed by atoms with Crippen LogP contribution in [-0.4, -0.2) is 28.6 Å². The molecule has 0 amide bonds. The summed E-state index contributed by atoms with van der Waals surface area (Å²) < 4.78 is 0. The van der Waals surface area contributed by atoms with Crippen molar-refractivity contribution in [2.24, 2.45) is 0 Å². The summed E-state index contributed by atoms with van der Waals surface area (Å²) in [5.41, 5.74) is 0.374. The van der Waals surface area contributed by atoms with E-state index in [0.717, 1.165) is 25.5 Å². The molecule has 0 aromatic heterocycles. The second-order valence-corrected chi connectivity index (χ2v) is 4.45. The number of nitrogens with zero attached hydrogens (tertiary/aromatic N) is 2. The maximum absolute atomic E-state index is 11.2. The van der Waals surface area contributed by atoms with E-state index in [1.54, 1.807) is 0 Å². The highest BCUT2D eigenvalue weighted by Crippen LogP contribution is 2.31. The van der Waals surface area contributed by atoms with Crippen LogP contribution in [-0.2, 0) is 0 Å². The first kappa shape index (κ1) is 12.3. The molecule has 1 aromatic carbocycles. The Labute approximate surface area is 104 Å². The minimum Gasteiger partial charge on any atom is -0.478 e. The Morgan fingerprint density at radius 1 is 1.56 bits per heavy atom. The van der Waals surface area contributed by atoms with E-state index in [4.69, 9.17) is 5.11 Å². The number of carbonyl (C=O) groups is 1. The van der Waals surface area contributed by atoms with Crippen molar-refractivity contribution in [2.75, 3.05) is 11.4 Å². The second kappa shape index (κ2) is 4.64. The van der Waals surface area contributed by atoms with Crippen LogP contribution in [0.15, 0.2) is 18.2 Å². The van der Waals surface area contributed by atoms with Gasteiger partial charge in [-0.15, -0.1) is 0 Å². The lowest BCUT2D eigenvalue weighted by Crippen LogP contribution is -2.28. The molecule has 0 spiro atoms. The standard InChI is InChI=1S/C12H14N2O4/c1-8-3-2-6-13(8)11-5-4-9(14(17)18)7-10(11)12(15)16/h4-5,7-8H,2-3,6H2,1H3,(H,15,16). The average molecular weight is 250 g/mol. The Morgan fingerprint density at radius 2 is 2.28 bits per heavy atom. The molecule has 1 saturated heterocycles. The first-order valence-corrected chi connectivity index (χ1v) is 5.79. The molecule has 2 rings (SSSR count). The number of non-ortho nitro benzene ring substituents is 1. The number of nitro groups is 1. The molecule has 1 N–H and O–H groups in total. The van der Waals surface area contributed by atoms with Gasteiger partial charge in [0.15, 0.2) is 0 Å². The van der Waals surface area contributed by atoms with Gasteiger partial charge in [-0.3, -0.25) is 10.1 Å². The minimum absolute atomic E-state index is 0.00190. The minimum atomic E-state index is -1.13. The van der Waals surface area contributed by atoms with Gasteiger partial charge in [0.2, 0.25) is 0 Å². The summed E-state index contributed by atoms with van der Waals surface area (Å²) in [6.45, 7) is 2.82. The Hall–Kier alpha value is -2.11. The second-order valence-electron chi connectivity index (χ2n) is 4.45. The highest BCUT2D eigenvalue weighted by atomic mass is 16.6. The summed E-state index contributed by atoms with van der Waals surface area (Å²) in [6.07, 6.45) is 2.02. The Kier molecular flexibility index (Phi) is 3.18. The van der Waals surface area contributed by atoms with E-state index in [2.05, 4.69) is 0 Å². The predicted molar refractivity (Wildman–Crippen MR) is 66.1 cm³/mol. The van der Waals surface area contributed by atoms with Crippen molar-refractivity contribution in [3.8, 4) is 0 Å². The fourth-order valence-electron chi connectivity index (χ4n) is 2.35. The summed E-state index contributed by atoms with van der Waals surface area (Å²) in [5.74, 6) is -1.13. The van der Waals surface area contributed by atoms with E-state index in [-0.39, 0.29) is 17.3 Å². The number of hydrogen-bond donors (Lipinski definition) is 1. The quantitative estimate of drug-likeness (QED) is 0.657. The molecule has 1 aromatic rings. The smallest absolute Gasteiger partial charge is 0.338 e. The van der Waals surface area contributed by atoms with Gasteiger partial charge in [-0.1, -0.05) is 0 Å². The highest BCUT2D eigenvalue weighted by Gasteiger charge is 2.26. The fourth-order valence-corrected chi connectivity index (χ4v) is 2.35. The van der Waals surface area contributed by atoms with Crippen molar-refractivity contribution < 1.29 is 14.8 Å². The summed E-state index contributed by atoms with van der Waals surface area (Å²) in [7, 11) is 0. The van der Waals surface area contributed by atoms with Gasteiger partial charge in [-0.2, -0.15) is 0 Å². The van der Waals surface area contributed by atoms with Crippen LogP contribution in [0.5, 0.6) is 0 Å². The van der Waals surface area contributed by atoms with Crippen LogP contribution in [0, 0.1) is 10.1 Å². The Bertz CT molecular complexity index is 501. The molecule has 1 heterocycles. The van der Waals surface area contributed by atoms with E-state index >= 15 is 0 Å². The zero-order valence-electron chi connectivity index (χ0n) is 10.00.